The summed E-state index contributed by atoms with van der Waals surface area (Å²) in [4.78, 5) is 35.8. The van der Waals surface area contributed by atoms with Gasteiger partial charge in [-0.05, 0) is 122 Å². The van der Waals surface area contributed by atoms with Crippen LogP contribution in [-0.4, -0.2) is 24.9 Å². The second-order valence-corrected chi connectivity index (χ2v) is 11.7. The number of fused-ring (bicyclic) bond motifs is 19. The molecule has 8 heteroatoms. The monoisotopic (exact) mass is 586 g/mol. The van der Waals surface area contributed by atoms with E-state index in [1.54, 1.807) is 0 Å². The molecule has 0 fully saturated rings. The molecule has 0 unspecified atom stereocenters. The standard InChI is InChI=1S/C33H29N7.Cu/c1-3-11-20-18(9-1)26-17-27-19-10-2-4-12-21(19)29(35-27)37-31-23-14-6-8-16-25(23)33(39-31)40-32-24-15-7-5-13-22(24)30(38-32)36-28(20)34-26;/h1,3,9,11,17H,2,4-8,10,12-16H2;/q-2;+2. The zero-order valence-corrected chi connectivity index (χ0v) is 23.7. The second-order valence-electron chi connectivity index (χ2n) is 11.7. The topological polar surface area (TPSA) is 92.7 Å². The van der Waals surface area contributed by atoms with Crippen molar-refractivity contribution in [2.75, 3.05) is 0 Å². The van der Waals surface area contributed by atoms with Gasteiger partial charge in [-0.3, -0.25) is 0 Å². The van der Waals surface area contributed by atoms with Gasteiger partial charge < -0.3 is 24.9 Å². The number of benzene rings is 1. The van der Waals surface area contributed by atoms with E-state index in [2.05, 4.69) is 30.3 Å². The van der Waals surface area contributed by atoms with E-state index in [0.717, 1.165) is 121 Å². The number of aromatic nitrogens is 7. The largest absolute Gasteiger partial charge is 2.00 e. The molecular weight excluding hydrogens is 558 g/mol. The van der Waals surface area contributed by atoms with Crippen molar-refractivity contribution in [1.82, 2.24) is 34.9 Å². The third-order valence-electron chi connectivity index (χ3n) is 9.29. The predicted molar refractivity (Wildman–Crippen MR) is 155 cm³/mol. The molecule has 2 aliphatic heterocycles. The molecular formula is C33H29CuN7. The summed E-state index contributed by atoms with van der Waals surface area (Å²) in [5, 5.41) is 0. The van der Waals surface area contributed by atoms with E-state index in [9.17, 15) is 0 Å². The van der Waals surface area contributed by atoms with Crippen LogP contribution in [0.2, 0.25) is 0 Å². The first-order valence-corrected chi connectivity index (χ1v) is 14.9. The minimum atomic E-state index is 0. The van der Waals surface area contributed by atoms with Gasteiger partial charge in [0.05, 0.1) is 23.2 Å². The molecule has 5 heterocycles. The summed E-state index contributed by atoms with van der Waals surface area (Å²) < 4.78 is 0. The third-order valence-corrected chi connectivity index (χ3v) is 9.29. The van der Waals surface area contributed by atoms with Gasteiger partial charge in [-0.2, -0.15) is 0 Å². The van der Waals surface area contributed by atoms with Crippen molar-refractivity contribution in [3.63, 3.8) is 0 Å². The van der Waals surface area contributed by atoms with Crippen molar-refractivity contribution in [3.05, 3.63) is 64.2 Å². The van der Waals surface area contributed by atoms with Crippen LogP contribution in [0.15, 0.2) is 30.3 Å². The van der Waals surface area contributed by atoms with Crippen molar-refractivity contribution in [2.24, 2.45) is 0 Å². The van der Waals surface area contributed by atoms with Crippen LogP contribution in [-0.2, 0) is 42.8 Å². The maximum absolute atomic E-state index is 5.18. The number of allylic oxidation sites excluding steroid dienone is 2. The maximum atomic E-state index is 5.18. The summed E-state index contributed by atoms with van der Waals surface area (Å²) in [6.45, 7) is 0. The molecule has 0 spiro atoms. The van der Waals surface area contributed by atoms with Crippen molar-refractivity contribution in [3.8, 4) is 22.6 Å². The fourth-order valence-electron chi connectivity index (χ4n) is 7.30. The summed E-state index contributed by atoms with van der Waals surface area (Å²) in [6.07, 6.45) is 13.0. The van der Waals surface area contributed by atoms with Crippen molar-refractivity contribution < 1.29 is 17.1 Å². The minimum absolute atomic E-state index is 0. The molecule has 1 radical (unpaired) electrons. The molecule has 41 heavy (non-hydrogen) atoms. The Kier molecular flexibility index (Phi) is 5.97. The van der Waals surface area contributed by atoms with Gasteiger partial charge in [-0.1, -0.05) is 29.9 Å². The fraction of sp³-hybridized carbons (Fsp3) is 0.364. The van der Waals surface area contributed by atoms with Crippen molar-refractivity contribution in [1.29, 1.82) is 0 Å². The van der Waals surface area contributed by atoms with Gasteiger partial charge in [0.25, 0.3) is 0 Å². The van der Waals surface area contributed by atoms with Crippen LogP contribution in [0, 0.1) is 0 Å². The summed E-state index contributed by atoms with van der Waals surface area (Å²) in [7, 11) is 0. The Morgan fingerprint density at radius 1 is 0.488 bits per heavy atom. The van der Waals surface area contributed by atoms with Crippen molar-refractivity contribution in [2.45, 2.75) is 77.0 Å². The number of nitrogens with zero attached hydrogens (tertiary/aromatic N) is 7. The van der Waals surface area contributed by atoms with Crippen LogP contribution in [0.1, 0.15) is 85.3 Å². The Hall–Kier alpha value is -3.61. The maximum Gasteiger partial charge on any atom is 2.00 e. The van der Waals surface area contributed by atoms with Gasteiger partial charge in [0, 0.05) is 22.4 Å². The summed E-state index contributed by atoms with van der Waals surface area (Å²) >= 11 is 0. The van der Waals surface area contributed by atoms with Gasteiger partial charge in [-0.15, -0.1) is 0 Å². The van der Waals surface area contributed by atoms with Gasteiger partial charge in [0.1, 0.15) is 0 Å². The summed E-state index contributed by atoms with van der Waals surface area (Å²) in [6, 6.07) is 10.5. The van der Waals surface area contributed by atoms with Crippen LogP contribution >= 0.6 is 0 Å². The molecule has 1 aromatic carbocycles. The molecule has 7 nitrogen and oxygen atoms in total. The molecule has 3 aliphatic carbocycles. The van der Waals surface area contributed by atoms with Crippen LogP contribution < -0.4 is 9.97 Å². The van der Waals surface area contributed by atoms with Gasteiger partial charge in [-0.25, -0.2) is 9.97 Å². The Bertz CT molecular complexity index is 1800. The number of aryl methyl sites for hydroxylation is 4. The molecule has 0 saturated carbocycles. The van der Waals surface area contributed by atoms with Crippen molar-refractivity contribution >= 4 is 33.6 Å². The first-order valence-electron chi connectivity index (χ1n) is 14.9. The molecule has 0 saturated heterocycles. The minimum Gasteiger partial charge on any atom is -0.436 e. The summed E-state index contributed by atoms with van der Waals surface area (Å²) in [5.74, 6) is 2.33. The van der Waals surface area contributed by atoms with E-state index >= 15 is 0 Å². The smallest absolute Gasteiger partial charge is 0.436 e. The van der Waals surface area contributed by atoms with Crippen LogP contribution in [0.25, 0.3) is 56.2 Å². The first kappa shape index (κ1) is 25.1. The summed E-state index contributed by atoms with van der Waals surface area (Å²) in [5.41, 5.74) is 14.0. The Labute approximate surface area is 248 Å². The zero-order chi connectivity index (χ0) is 26.2. The molecule has 8 bridgehead atoms. The number of rotatable bonds is 0. The molecule has 0 atom stereocenters. The predicted octanol–water partition coefficient (Wildman–Crippen LogP) is 6.33. The molecule has 4 aromatic rings. The molecule has 0 amide bonds. The van der Waals surface area contributed by atoms with E-state index in [0.29, 0.717) is 0 Å². The average molecular weight is 587 g/mol. The molecule has 3 aromatic heterocycles. The SMILES string of the molecule is [Cu+2].c1ccc2c(c1)-c1cc3[n-]c(nc4nc(nc5[n-]c(nc-2n1)c1c5CCCC1)C1=C4CCCC1)c1c3CCCC1. The third kappa shape index (κ3) is 3.95. The molecule has 0 N–H and O–H groups in total. The normalized spacial score (nSPS) is 17.3. The van der Waals surface area contributed by atoms with E-state index in [4.69, 9.17) is 34.9 Å². The average Bonchev–Trinajstić information content (AvgIpc) is 3.73. The number of hydrogen-bond donors (Lipinski definition) is 0. The van der Waals surface area contributed by atoms with E-state index in [1.807, 2.05) is 0 Å². The zero-order valence-electron chi connectivity index (χ0n) is 22.8. The first-order chi connectivity index (χ1) is 19.8. The van der Waals surface area contributed by atoms with E-state index in [-0.39, 0.29) is 17.1 Å². The van der Waals surface area contributed by atoms with Gasteiger partial charge in [0.15, 0.2) is 0 Å². The number of hydrogen-bond acceptors (Lipinski definition) is 5. The molecule has 9 rings (SSSR count). The molecule has 5 aliphatic rings. The second kappa shape index (κ2) is 9.74. The van der Waals surface area contributed by atoms with E-state index < -0.39 is 0 Å². The Morgan fingerprint density at radius 2 is 1.00 bits per heavy atom. The molecule has 207 valence electrons. The van der Waals surface area contributed by atoms with E-state index in [1.165, 1.54) is 46.2 Å². The van der Waals surface area contributed by atoms with Crippen LogP contribution in [0.5, 0.6) is 0 Å². The van der Waals surface area contributed by atoms with Gasteiger partial charge >= 0.3 is 17.1 Å². The Morgan fingerprint density at radius 3 is 1.66 bits per heavy atom. The fourth-order valence-corrected chi connectivity index (χ4v) is 7.30. The van der Waals surface area contributed by atoms with Gasteiger partial charge in [0.2, 0.25) is 0 Å². The van der Waals surface area contributed by atoms with Crippen LogP contribution in [0.3, 0.4) is 0 Å². The quantitative estimate of drug-likeness (QED) is 0.196. The van der Waals surface area contributed by atoms with Crippen LogP contribution in [0.4, 0.5) is 0 Å². The Balaban J connectivity index is 0.00000256.